The third kappa shape index (κ3) is 3.78. The maximum absolute atomic E-state index is 13.7. The summed E-state index contributed by atoms with van der Waals surface area (Å²) >= 11 is 0. The second kappa shape index (κ2) is 6.93. The molecule has 0 amide bonds. The van der Waals surface area contributed by atoms with Crippen LogP contribution in [0.3, 0.4) is 0 Å². The predicted molar refractivity (Wildman–Crippen MR) is 88.1 cm³/mol. The third-order valence-electron chi connectivity index (χ3n) is 4.36. The Kier molecular flexibility index (Phi) is 4.73. The summed E-state index contributed by atoms with van der Waals surface area (Å²) in [5.74, 6) is 1.29. The van der Waals surface area contributed by atoms with E-state index in [-0.39, 0.29) is 5.82 Å². The third-order valence-corrected chi connectivity index (χ3v) is 4.36. The Balaban J connectivity index is 1.55. The van der Waals surface area contributed by atoms with Gasteiger partial charge in [-0.25, -0.2) is 9.37 Å². The van der Waals surface area contributed by atoms with Crippen molar-refractivity contribution >= 4 is 11.8 Å². The van der Waals surface area contributed by atoms with Gasteiger partial charge in [0, 0.05) is 46.1 Å². The van der Waals surface area contributed by atoms with Crippen LogP contribution in [0, 0.1) is 11.7 Å². The molecule has 124 valence electrons. The van der Waals surface area contributed by atoms with Gasteiger partial charge in [-0.2, -0.15) is 10.1 Å². The van der Waals surface area contributed by atoms with Crippen molar-refractivity contribution in [1.82, 2.24) is 19.7 Å². The molecular formula is C16H23FN6. The quantitative estimate of drug-likeness (QED) is 0.846. The molecule has 2 aromatic rings. The highest BCUT2D eigenvalue weighted by Gasteiger charge is 2.22. The van der Waals surface area contributed by atoms with Crippen LogP contribution in [0.15, 0.2) is 24.7 Å². The summed E-state index contributed by atoms with van der Waals surface area (Å²) in [6, 6.07) is 1.96. The molecule has 7 heteroatoms. The van der Waals surface area contributed by atoms with Crippen molar-refractivity contribution in [2.24, 2.45) is 5.92 Å². The van der Waals surface area contributed by atoms with Crippen molar-refractivity contribution in [2.45, 2.75) is 25.8 Å². The highest BCUT2D eigenvalue weighted by Crippen LogP contribution is 2.25. The molecule has 0 radical (unpaired) electrons. The van der Waals surface area contributed by atoms with E-state index in [0.29, 0.717) is 17.7 Å². The van der Waals surface area contributed by atoms with Crippen LogP contribution < -0.4 is 9.80 Å². The molecule has 0 unspecified atom stereocenters. The first-order chi connectivity index (χ1) is 11.1. The standard InChI is InChI=1S/C16H23FN6/c1-21(2)15-14(17)12-18-16(20-15)22-9-4-13(5-10-22)6-11-23-8-3-7-19-23/h3,7-8,12-13H,4-6,9-11H2,1-2H3. The van der Waals surface area contributed by atoms with E-state index in [0.717, 1.165) is 38.9 Å². The number of rotatable bonds is 5. The Hall–Kier alpha value is -2.18. The molecule has 0 aromatic carbocycles. The van der Waals surface area contributed by atoms with Crippen LogP contribution in [0.1, 0.15) is 19.3 Å². The minimum absolute atomic E-state index is 0.343. The van der Waals surface area contributed by atoms with Gasteiger partial charge in [-0.15, -0.1) is 0 Å². The van der Waals surface area contributed by atoms with Gasteiger partial charge in [0.15, 0.2) is 11.6 Å². The molecule has 2 aromatic heterocycles. The fraction of sp³-hybridized carbons (Fsp3) is 0.562. The Morgan fingerprint density at radius 2 is 2.09 bits per heavy atom. The summed E-state index contributed by atoms with van der Waals surface area (Å²) in [5.41, 5.74) is 0. The second-order valence-electron chi connectivity index (χ2n) is 6.22. The maximum Gasteiger partial charge on any atom is 0.227 e. The number of hydrogen-bond donors (Lipinski definition) is 0. The van der Waals surface area contributed by atoms with Gasteiger partial charge in [0.05, 0.1) is 6.20 Å². The number of halogens is 1. The van der Waals surface area contributed by atoms with Crippen molar-refractivity contribution in [3.8, 4) is 0 Å². The number of aryl methyl sites for hydroxylation is 1. The van der Waals surface area contributed by atoms with Gasteiger partial charge in [0.2, 0.25) is 5.95 Å². The van der Waals surface area contributed by atoms with Crippen LogP contribution in [0.25, 0.3) is 0 Å². The molecule has 3 rings (SSSR count). The first-order valence-electron chi connectivity index (χ1n) is 8.05. The molecule has 0 atom stereocenters. The van der Waals surface area contributed by atoms with Crippen LogP contribution in [0.5, 0.6) is 0 Å². The van der Waals surface area contributed by atoms with Gasteiger partial charge in [0.1, 0.15) is 0 Å². The first-order valence-corrected chi connectivity index (χ1v) is 8.05. The smallest absolute Gasteiger partial charge is 0.227 e. The van der Waals surface area contributed by atoms with Crippen molar-refractivity contribution in [2.75, 3.05) is 37.0 Å². The zero-order chi connectivity index (χ0) is 16.2. The second-order valence-corrected chi connectivity index (χ2v) is 6.22. The lowest BCUT2D eigenvalue weighted by Gasteiger charge is -2.32. The molecule has 1 saturated heterocycles. The van der Waals surface area contributed by atoms with Crippen LogP contribution in [-0.4, -0.2) is 46.9 Å². The summed E-state index contributed by atoms with van der Waals surface area (Å²) in [5, 5.41) is 4.24. The minimum atomic E-state index is -0.382. The zero-order valence-electron chi connectivity index (χ0n) is 13.7. The molecule has 3 heterocycles. The fourth-order valence-electron chi connectivity index (χ4n) is 2.98. The minimum Gasteiger partial charge on any atom is -0.360 e. The number of aromatic nitrogens is 4. The van der Waals surface area contributed by atoms with Gasteiger partial charge in [-0.05, 0) is 31.2 Å². The normalized spacial score (nSPS) is 15.9. The molecule has 0 spiro atoms. The van der Waals surface area contributed by atoms with Gasteiger partial charge >= 0.3 is 0 Å². The largest absolute Gasteiger partial charge is 0.360 e. The van der Waals surface area contributed by atoms with E-state index >= 15 is 0 Å². The van der Waals surface area contributed by atoms with Crippen molar-refractivity contribution in [3.05, 3.63) is 30.5 Å². The predicted octanol–water partition coefficient (Wildman–Crippen LogP) is 2.18. The van der Waals surface area contributed by atoms with E-state index in [1.54, 1.807) is 19.0 Å². The van der Waals surface area contributed by atoms with Gasteiger partial charge in [-0.1, -0.05) is 0 Å². The number of nitrogens with zero attached hydrogens (tertiary/aromatic N) is 6. The van der Waals surface area contributed by atoms with Gasteiger partial charge in [0.25, 0.3) is 0 Å². The van der Waals surface area contributed by atoms with Crippen molar-refractivity contribution in [3.63, 3.8) is 0 Å². The van der Waals surface area contributed by atoms with Crippen molar-refractivity contribution in [1.29, 1.82) is 0 Å². The zero-order valence-corrected chi connectivity index (χ0v) is 13.7. The lowest BCUT2D eigenvalue weighted by atomic mass is 9.94. The van der Waals surface area contributed by atoms with E-state index in [9.17, 15) is 4.39 Å². The van der Waals surface area contributed by atoms with E-state index < -0.39 is 0 Å². The van der Waals surface area contributed by atoms with Crippen molar-refractivity contribution < 1.29 is 4.39 Å². The molecule has 1 aliphatic rings. The van der Waals surface area contributed by atoms with E-state index in [4.69, 9.17) is 0 Å². The van der Waals surface area contributed by atoms with Gasteiger partial charge in [-0.3, -0.25) is 4.68 Å². The summed E-state index contributed by atoms with van der Waals surface area (Å²) in [7, 11) is 3.58. The van der Waals surface area contributed by atoms with E-state index in [1.807, 2.05) is 23.1 Å². The molecule has 0 aliphatic carbocycles. The fourth-order valence-corrected chi connectivity index (χ4v) is 2.98. The van der Waals surface area contributed by atoms with E-state index in [2.05, 4.69) is 20.0 Å². The molecular weight excluding hydrogens is 295 g/mol. The molecule has 1 aliphatic heterocycles. The molecule has 0 N–H and O–H groups in total. The molecule has 0 bridgehead atoms. The average Bonchev–Trinajstić information content (AvgIpc) is 3.07. The van der Waals surface area contributed by atoms with Crippen LogP contribution >= 0.6 is 0 Å². The monoisotopic (exact) mass is 318 g/mol. The lowest BCUT2D eigenvalue weighted by molar-refractivity contribution is 0.352. The molecule has 6 nitrogen and oxygen atoms in total. The van der Waals surface area contributed by atoms with Gasteiger partial charge < -0.3 is 9.80 Å². The summed E-state index contributed by atoms with van der Waals surface area (Å²) in [6.45, 7) is 2.81. The van der Waals surface area contributed by atoms with Crippen LogP contribution in [0.2, 0.25) is 0 Å². The topological polar surface area (TPSA) is 50.1 Å². The summed E-state index contributed by atoms with van der Waals surface area (Å²) in [6.07, 6.45) is 8.45. The Morgan fingerprint density at radius 1 is 1.30 bits per heavy atom. The average molecular weight is 318 g/mol. The van der Waals surface area contributed by atoms with Crippen LogP contribution in [-0.2, 0) is 6.54 Å². The molecule has 23 heavy (non-hydrogen) atoms. The summed E-state index contributed by atoms with van der Waals surface area (Å²) in [4.78, 5) is 12.3. The Labute approximate surface area is 135 Å². The van der Waals surface area contributed by atoms with Crippen LogP contribution in [0.4, 0.5) is 16.2 Å². The first kappa shape index (κ1) is 15.7. The molecule has 1 fully saturated rings. The SMILES string of the molecule is CN(C)c1nc(N2CCC(CCn3cccn3)CC2)ncc1F. The Bertz CT molecular complexity index is 620. The van der Waals surface area contributed by atoms with E-state index in [1.165, 1.54) is 6.20 Å². The maximum atomic E-state index is 13.7. The highest BCUT2D eigenvalue weighted by molar-refractivity contribution is 5.43. The summed E-state index contributed by atoms with van der Waals surface area (Å²) < 4.78 is 15.7. The highest BCUT2D eigenvalue weighted by atomic mass is 19.1. The lowest BCUT2D eigenvalue weighted by Crippen LogP contribution is -2.35. The number of hydrogen-bond acceptors (Lipinski definition) is 5. The number of piperidine rings is 1. The molecule has 0 saturated carbocycles. The Morgan fingerprint density at radius 3 is 2.74 bits per heavy atom. The number of anilines is 2.